The van der Waals surface area contributed by atoms with Gasteiger partial charge >= 0.3 is 6.09 Å². The molecule has 15 atom stereocenters. The molecule has 8 fully saturated rings. The van der Waals surface area contributed by atoms with Gasteiger partial charge in [-0.1, -0.05) is 59.3 Å². The van der Waals surface area contributed by atoms with Gasteiger partial charge in [0.25, 0.3) is 0 Å². The number of alkyl carbamates (subject to hydrolysis) is 1. The number of likely N-dealkylation sites (N-methyl/N-ethyl adjacent to an activating group) is 1. The van der Waals surface area contributed by atoms with Gasteiger partial charge in [-0.25, -0.2) is 4.79 Å². The molecule has 2 bridgehead atoms. The van der Waals surface area contributed by atoms with Gasteiger partial charge in [-0.2, -0.15) is 5.06 Å². The molecule has 0 aromatic rings. The van der Waals surface area contributed by atoms with Crippen LogP contribution in [0.1, 0.15) is 143 Å². The molecule has 7 saturated carbocycles. The first-order valence-electron chi connectivity index (χ1n) is 27.1. The van der Waals surface area contributed by atoms with Gasteiger partial charge in [-0.05, 0) is 159 Å². The monoisotopic (exact) mass is 943 g/mol. The van der Waals surface area contributed by atoms with E-state index in [1.165, 1.54) is 38.5 Å². The van der Waals surface area contributed by atoms with E-state index in [-0.39, 0.29) is 77.8 Å². The second kappa shape index (κ2) is 23.4. The van der Waals surface area contributed by atoms with Crippen LogP contribution in [0, 0.1) is 64.6 Å². The molecule has 0 aromatic heterocycles. The number of aliphatic hydroxyl groups is 2. The Balaban J connectivity index is 1.06. The van der Waals surface area contributed by atoms with E-state index >= 15 is 0 Å². The highest BCUT2D eigenvalue weighted by Crippen LogP contribution is 2.61. The number of methoxy groups -OCH3 is 1. The number of amides is 3. The minimum Gasteiger partial charge on any atom is -0.446 e. The summed E-state index contributed by atoms with van der Waals surface area (Å²) in [5, 5.41) is 32.8. The molecule has 0 radical (unpaired) electrons. The molecule has 3 amide bonds. The van der Waals surface area contributed by atoms with Gasteiger partial charge in [0.05, 0.1) is 24.7 Å². The van der Waals surface area contributed by atoms with E-state index in [1.807, 2.05) is 19.1 Å². The highest BCUT2D eigenvalue weighted by Gasteiger charge is 2.58. The fraction of sp³-hybridized carbons (Fsp3) is 0.943. The average molecular weight is 943 g/mol. The van der Waals surface area contributed by atoms with E-state index in [1.54, 1.807) is 0 Å². The number of hydrogen-bond donors (Lipinski definition) is 5. The fourth-order valence-corrected chi connectivity index (χ4v) is 15.0. The van der Waals surface area contributed by atoms with Crippen molar-refractivity contribution in [1.29, 1.82) is 0 Å². The second-order valence-corrected chi connectivity index (χ2v) is 24.2. The van der Waals surface area contributed by atoms with Gasteiger partial charge in [0.1, 0.15) is 18.2 Å². The summed E-state index contributed by atoms with van der Waals surface area (Å²) in [6.45, 7) is 10.3. The number of fused-ring (bicyclic) bond motifs is 2. The molecule has 8 rings (SSSR count). The van der Waals surface area contributed by atoms with Crippen molar-refractivity contribution < 1.29 is 38.9 Å². The molecule has 1 heterocycles. The summed E-state index contributed by atoms with van der Waals surface area (Å²) in [7, 11) is 10.3. The molecule has 0 spiro atoms. The maximum Gasteiger partial charge on any atom is 0.407 e. The largest absolute Gasteiger partial charge is 0.446 e. The predicted octanol–water partition coefficient (Wildman–Crippen LogP) is 6.23. The Bertz CT molecular complexity index is 1600. The van der Waals surface area contributed by atoms with E-state index in [4.69, 9.17) is 14.3 Å². The molecular formula is C53H94N6O8. The van der Waals surface area contributed by atoms with E-state index in [2.05, 4.69) is 74.7 Å². The van der Waals surface area contributed by atoms with Crippen molar-refractivity contribution >= 4 is 17.9 Å². The standard InChI is InChI=1S/C53H94N6O8/c1-32-44-26-39(53(44,3)4)27-45(32)56-51(63)48-47(33(2)66-52(64)54-28-35-18-20-42(61)21-19-35)46(31-60)67-59(48)29-36-16-13-17-43(49(36)65-9)37-23-38(25-41(24-37)58(7)8)50(62)55-40(30-57(5)6)22-34-14-11-10-12-15-34/h32-49,60-61H,10-31H2,1-9H3,(H,54,64)(H,55,62)(H,56,63)/t32-,33-,35?,36?,37?,38?,39+,40-,41?,42?,43?,44-,45-,46-,47+,48-,49?/m0/s1. The summed E-state index contributed by atoms with van der Waals surface area (Å²) in [4.78, 5) is 53.9. The third-order valence-electron chi connectivity index (χ3n) is 19.1. The van der Waals surface area contributed by atoms with Crippen LogP contribution in [0.2, 0.25) is 0 Å². The van der Waals surface area contributed by atoms with Crippen LogP contribution in [0.5, 0.6) is 0 Å². The van der Waals surface area contributed by atoms with Crippen molar-refractivity contribution in [1.82, 2.24) is 30.8 Å². The van der Waals surface area contributed by atoms with Crippen LogP contribution in [0.15, 0.2) is 0 Å². The molecule has 0 aromatic carbocycles. The lowest BCUT2D eigenvalue weighted by atomic mass is 9.45. The number of nitrogens with zero attached hydrogens (tertiary/aromatic N) is 3. The van der Waals surface area contributed by atoms with Crippen LogP contribution in [-0.4, -0.2) is 153 Å². The summed E-state index contributed by atoms with van der Waals surface area (Å²) in [6.07, 6.45) is 16.1. The highest BCUT2D eigenvalue weighted by molar-refractivity contribution is 5.83. The zero-order chi connectivity index (χ0) is 48.2. The van der Waals surface area contributed by atoms with E-state index < -0.39 is 30.3 Å². The van der Waals surface area contributed by atoms with Crippen LogP contribution >= 0.6 is 0 Å². The van der Waals surface area contributed by atoms with Crippen LogP contribution in [0.4, 0.5) is 4.79 Å². The molecule has 1 saturated heterocycles. The SMILES string of the molecule is COC1C(CN2O[C@@H](CO)[C@@H]([C@H](C)OC(=O)NCC3CCC(O)CC3)[C@H]2C(=O)N[C@H]2C[C@H]3C[C@@H]([C@@H]2C)C3(C)C)CCCC1C1CC(C(=O)N[C@@H](CC2CCCCC2)CN(C)C)CC(N(C)C)C1. The molecule has 5 N–H and O–H groups in total. The van der Waals surface area contributed by atoms with Gasteiger partial charge in [-0.15, -0.1) is 0 Å². The quantitative estimate of drug-likeness (QED) is 0.106. The van der Waals surface area contributed by atoms with E-state index in [0.717, 1.165) is 83.6 Å². The van der Waals surface area contributed by atoms with Gasteiger partial charge < -0.3 is 45.4 Å². The number of rotatable bonds is 18. The van der Waals surface area contributed by atoms with Crippen molar-refractivity contribution in [3.63, 3.8) is 0 Å². The Hall–Kier alpha value is -2.07. The van der Waals surface area contributed by atoms with Gasteiger partial charge in [0.2, 0.25) is 11.8 Å². The maximum atomic E-state index is 15.0. The first-order chi connectivity index (χ1) is 32.0. The molecule has 8 aliphatic rings. The summed E-state index contributed by atoms with van der Waals surface area (Å²) in [5.41, 5.74) is 0.269. The number of ether oxygens (including phenoxy) is 2. The number of hydroxylamine groups is 2. The number of aliphatic hydroxyl groups excluding tert-OH is 2. The minimum absolute atomic E-state index is 0.0331. The zero-order valence-electron chi connectivity index (χ0n) is 43.1. The number of carbonyl (C=O) groups is 3. The van der Waals surface area contributed by atoms with E-state index in [0.29, 0.717) is 42.7 Å². The van der Waals surface area contributed by atoms with Crippen molar-refractivity contribution in [3.8, 4) is 0 Å². The van der Waals surface area contributed by atoms with Crippen molar-refractivity contribution in [3.05, 3.63) is 0 Å². The van der Waals surface area contributed by atoms with Crippen LogP contribution in [0.25, 0.3) is 0 Å². The highest BCUT2D eigenvalue weighted by atomic mass is 16.7. The average Bonchev–Trinajstić information content (AvgIpc) is 3.67. The Morgan fingerprint density at radius 1 is 0.881 bits per heavy atom. The Labute approximate surface area is 404 Å². The molecule has 1 aliphatic heterocycles. The molecule has 14 heteroatoms. The smallest absolute Gasteiger partial charge is 0.407 e. The van der Waals surface area contributed by atoms with Gasteiger partial charge in [0.15, 0.2) is 0 Å². The van der Waals surface area contributed by atoms with Crippen molar-refractivity contribution in [2.24, 2.45) is 64.6 Å². The van der Waals surface area contributed by atoms with Crippen molar-refractivity contribution in [2.45, 2.75) is 192 Å². The molecule has 14 nitrogen and oxygen atoms in total. The zero-order valence-corrected chi connectivity index (χ0v) is 43.1. The van der Waals surface area contributed by atoms with E-state index in [9.17, 15) is 24.6 Å². The molecule has 7 aliphatic carbocycles. The summed E-state index contributed by atoms with van der Waals surface area (Å²) < 4.78 is 12.6. The second-order valence-electron chi connectivity index (χ2n) is 24.2. The third-order valence-corrected chi connectivity index (χ3v) is 19.1. The van der Waals surface area contributed by atoms with Crippen LogP contribution in [-0.2, 0) is 23.9 Å². The number of nitrogens with one attached hydrogen (secondary N) is 3. The number of carbonyl (C=O) groups excluding carboxylic acids is 3. The summed E-state index contributed by atoms with van der Waals surface area (Å²) >= 11 is 0. The first-order valence-corrected chi connectivity index (χ1v) is 27.1. The Morgan fingerprint density at radius 3 is 2.25 bits per heavy atom. The Kier molecular flexibility index (Phi) is 18.5. The van der Waals surface area contributed by atoms with Gasteiger partial charge in [0, 0.05) is 56.7 Å². The lowest BCUT2D eigenvalue weighted by Crippen LogP contribution is -2.62. The van der Waals surface area contributed by atoms with Crippen LogP contribution < -0.4 is 16.0 Å². The fourth-order valence-electron chi connectivity index (χ4n) is 15.0. The maximum absolute atomic E-state index is 15.0. The number of hydrogen-bond acceptors (Lipinski definition) is 11. The normalized spacial score (nSPS) is 39.0. The molecule has 384 valence electrons. The lowest BCUT2D eigenvalue weighted by molar-refractivity contribution is -0.193. The summed E-state index contributed by atoms with van der Waals surface area (Å²) in [6, 6.07) is -0.329. The molecule has 6 unspecified atom stereocenters. The van der Waals surface area contributed by atoms with Crippen molar-refractivity contribution in [2.75, 3.05) is 61.5 Å². The summed E-state index contributed by atoms with van der Waals surface area (Å²) in [5.74, 6) is 2.34. The van der Waals surface area contributed by atoms with Gasteiger partial charge in [-0.3, -0.25) is 14.4 Å². The topological polar surface area (TPSA) is 165 Å². The minimum atomic E-state index is -0.791. The third kappa shape index (κ3) is 12.7. The lowest BCUT2D eigenvalue weighted by Gasteiger charge is -2.62. The Morgan fingerprint density at radius 2 is 1.61 bits per heavy atom. The molecular weight excluding hydrogens is 849 g/mol. The first kappa shape index (κ1) is 52.7. The predicted molar refractivity (Wildman–Crippen MR) is 261 cm³/mol. The van der Waals surface area contributed by atoms with Crippen LogP contribution in [0.3, 0.4) is 0 Å². The molecule has 67 heavy (non-hydrogen) atoms.